The van der Waals surface area contributed by atoms with E-state index >= 15 is 0 Å². The van der Waals surface area contributed by atoms with E-state index in [1.807, 2.05) is 25.6 Å². The first-order valence-corrected chi connectivity index (χ1v) is 10.5. The highest BCUT2D eigenvalue weighted by Gasteiger charge is 2.47. The average molecular weight is 388 g/mol. The summed E-state index contributed by atoms with van der Waals surface area (Å²) in [6.07, 6.45) is 10.3. The van der Waals surface area contributed by atoms with E-state index < -0.39 is 0 Å². The van der Waals surface area contributed by atoms with Gasteiger partial charge in [-0.15, -0.1) is 0 Å². The fraction of sp³-hybridized carbons (Fsp3) is 0.524. The molecule has 5 heterocycles. The topological polar surface area (TPSA) is 89.7 Å². The third kappa shape index (κ3) is 2.64. The number of aromatic amines is 1. The zero-order valence-electron chi connectivity index (χ0n) is 16.5. The summed E-state index contributed by atoms with van der Waals surface area (Å²) in [5.74, 6) is 1.08. The van der Waals surface area contributed by atoms with Crippen molar-refractivity contribution in [2.75, 3.05) is 18.0 Å². The Balaban J connectivity index is 1.28. The molecule has 0 amide bonds. The van der Waals surface area contributed by atoms with Crippen LogP contribution < -0.4 is 4.90 Å². The Labute approximate surface area is 169 Å². The quantitative estimate of drug-likeness (QED) is 0.741. The number of rotatable bonds is 3. The number of hydrogen-bond acceptors (Lipinski definition) is 6. The second kappa shape index (κ2) is 6.29. The van der Waals surface area contributed by atoms with Crippen LogP contribution in [0.25, 0.3) is 22.6 Å². The maximum Gasteiger partial charge on any atom is 0.180 e. The molecule has 1 unspecified atom stereocenters. The molecule has 1 aliphatic carbocycles. The third-order valence-corrected chi connectivity index (χ3v) is 6.95. The number of nitrogens with one attached hydrogen (secondary N) is 1. The summed E-state index contributed by atoms with van der Waals surface area (Å²) in [6.45, 7) is 2.06. The van der Waals surface area contributed by atoms with Crippen molar-refractivity contribution in [3.8, 4) is 17.5 Å². The van der Waals surface area contributed by atoms with Gasteiger partial charge in [0.25, 0.3) is 0 Å². The molecule has 3 aromatic rings. The maximum absolute atomic E-state index is 9.13. The summed E-state index contributed by atoms with van der Waals surface area (Å²) in [7, 11) is 1.91. The highest BCUT2D eigenvalue weighted by molar-refractivity contribution is 5.88. The van der Waals surface area contributed by atoms with E-state index in [1.54, 1.807) is 4.68 Å². The van der Waals surface area contributed by atoms with E-state index in [9.17, 15) is 0 Å². The molecule has 6 rings (SSSR count). The van der Waals surface area contributed by atoms with Crippen molar-refractivity contribution in [1.29, 1.82) is 5.26 Å². The number of nitriles is 1. The summed E-state index contributed by atoms with van der Waals surface area (Å²) in [6, 6.07) is 6.32. The number of fused-ring (bicyclic) bond motifs is 3. The van der Waals surface area contributed by atoms with Crippen LogP contribution in [0.3, 0.4) is 0 Å². The van der Waals surface area contributed by atoms with E-state index in [2.05, 4.69) is 37.0 Å². The van der Waals surface area contributed by atoms with Crippen LogP contribution in [-0.2, 0) is 7.05 Å². The van der Waals surface area contributed by atoms with Gasteiger partial charge in [-0.1, -0.05) is 0 Å². The fourth-order valence-electron chi connectivity index (χ4n) is 5.51. The molecular weight excluding hydrogens is 364 g/mol. The number of hydrogen-bond donors (Lipinski definition) is 1. The van der Waals surface area contributed by atoms with Crippen molar-refractivity contribution in [3.05, 3.63) is 24.7 Å². The molecule has 3 aromatic heterocycles. The molecule has 8 heteroatoms. The van der Waals surface area contributed by atoms with Crippen molar-refractivity contribution < 1.29 is 0 Å². The molecule has 2 atom stereocenters. The maximum atomic E-state index is 9.13. The third-order valence-electron chi connectivity index (χ3n) is 6.95. The lowest BCUT2D eigenvalue weighted by Crippen LogP contribution is -2.60. The smallest absolute Gasteiger partial charge is 0.180 e. The first-order valence-electron chi connectivity index (χ1n) is 10.5. The Morgan fingerprint density at radius 1 is 1.17 bits per heavy atom. The highest BCUT2D eigenvalue weighted by Crippen LogP contribution is 2.42. The summed E-state index contributed by atoms with van der Waals surface area (Å²) in [5.41, 5.74) is 3.93. The monoisotopic (exact) mass is 388 g/mol. The Kier molecular flexibility index (Phi) is 3.68. The molecule has 0 aromatic carbocycles. The van der Waals surface area contributed by atoms with E-state index in [1.165, 1.54) is 18.5 Å². The number of anilines is 1. The molecule has 2 bridgehead atoms. The molecule has 2 aliphatic heterocycles. The van der Waals surface area contributed by atoms with Gasteiger partial charge < -0.3 is 9.88 Å². The standard InChI is InChI=1S/C21H24N8/c1-27-10-14(9-24-27)20-25-19-18(4-5-23-21(19)26-20)28-11-15-2-3-16(12-28)29(15)17-6-13(7-17)8-22/h4-5,9-10,13,15-17H,2-3,6-7,11-12H2,1H3,(H,23,25,26)/t13?,15-,16?,17?/m1/s1. The lowest BCUT2D eigenvalue weighted by atomic mass is 9.79. The van der Waals surface area contributed by atoms with Gasteiger partial charge in [0.05, 0.1) is 23.5 Å². The molecule has 1 saturated carbocycles. The zero-order chi connectivity index (χ0) is 19.5. The molecule has 0 radical (unpaired) electrons. The van der Waals surface area contributed by atoms with Gasteiger partial charge in [-0.05, 0) is 31.7 Å². The number of aromatic nitrogens is 5. The highest BCUT2D eigenvalue weighted by atomic mass is 15.3. The molecule has 3 fully saturated rings. The van der Waals surface area contributed by atoms with Gasteiger partial charge >= 0.3 is 0 Å². The number of imidazole rings is 1. The van der Waals surface area contributed by atoms with E-state index in [0.717, 1.165) is 48.5 Å². The van der Waals surface area contributed by atoms with Gasteiger partial charge in [-0.25, -0.2) is 9.97 Å². The first-order chi connectivity index (χ1) is 14.2. The number of pyridine rings is 1. The Hall–Kier alpha value is -2.92. The van der Waals surface area contributed by atoms with Crippen LogP contribution in [0.15, 0.2) is 24.7 Å². The summed E-state index contributed by atoms with van der Waals surface area (Å²) in [5, 5.41) is 13.4. The Morgan fingerprint density at radius 2 is 1.97 bits per heavy atom. The van der Waals surface area contributed by atoms with Crippen LogP contribution in [0.2, 0.25) is 0 Å². The summed E-state index contributed by atoms with van der Waals surface area (Å²) >= 11 is 0. The van der Waals surface area contributed by atoms with Gasteiger partial charge in [-0.3, -0.25) is 9.58 Å². The molecular formula is C21H24N8. The van der Waals surface area contributed by atoms with Crippen LogP contribution in [0, 0.1) is 17.2 Å². The van der Waals surface area contributed by atoms with Crippen molar-refractivity contribution in [3.63, 3.8) is 0 Å². The summed E-state index contributed by atoms with van der Waals surface area (Å²) in [4.78, 5) is 17.9. The van der Waals surface area contributed by atoms with Gasteiger partial charge in [0.15, 0.2) is 5.65 Å². The predicted octanol–water partition coefficient (Wildman–Crippen LogP) is 2.31. The predicted molar refractivity (Wildman–Crippen MR) is 109 cm³/mol. The number of H-pyrrole nitrogens is 1. The van der Waals surface area contributed by atoms with Crippen molar-refractivity contribution in [2.24, 2.45) is 13.0 Å². The van der Waals surface area contributed by atoms with Crippen LogP contribution >= 0.6 is 0 Å². The largest absolute Gasteiger partial charge is 0.367 e. The fourth-order valence-corrected chi connectivity index (χ4v) is 5.51. The molecule has 29 heavy (non-hydrogen) atoms. The first kappa shape index (κ1) is 17.0. The lowest BCUT2D eigenvalue weighted by molar-refractivity contribution is 0.0439. The SMILES string of the molecule is Cn1cc(-c2nc3nccc(N4CC5CC[C@H](C4)N5C4CC(C#N)C4)c3[nH]2)cn1. The minimum Gasteiger partial charge on any atom is -0.367 e. The van der Waals surface area contributed by atoms with Crippen molar-refractivity contribution in [2.45, 2.75) is 43.8 Å². The molecule has 1 N–H and O–H groups in total. The van der Waals surface area contributed by atoms with Crippen LogP contribution in [0.5, 0.6) is 0 Å². The van der Waals surface area contributed by atoms with Crippen LogP contribution in [-0.4, -0.2) is 60.8 Å². The van der Waals surface area contributed by atoms with E-state index in [4.69, 9.17) is 10.2 Å². The van der Waals surface area contributed by atoms with Crippen molar-refractivity contribution in [1.82, 2.24) is 29.6 Å². The Morgan fingerprint density at radius 3 is 2.66 bits per heavy atom. The molecule has 3 aliphatic rings. The minimum atomic E-state index is 0.271. The second-order valence-corrected chi connectivity index (χ2v) is 8.71. The minimum absolute atomic E-state index is 0.271. The van der Waals surface area contributed by atoms with E-state index in [0.29, 0.717) is 18.1 Å². The van der Waals surface area contributed by atoms with Gasteiger partial charge in [0.1, 0.15) is 11.3 Å². The van der Waals surface area contributed by atoms with Gasteiger partial charge in [0, 0.05) is 56.6 Å². The normalized spacial score (nSPS) is 29.2. The number of piperazine rings is 1. The van der Waals surface area contributed by atoms with Crippen LogP contribution in [0.1, 0.15) is 25.7 Å². The molecule has 8 nitrogen and oxygen atoms in total. The van der Waals surface area contributed by atoms with Gasteiger partial charge in [0.2, 0.25) is 0 Å². The number of nitrogens with zero attached hydrogens (tertiary/aromatic N) is 7. The van der Waals surface area contributed by atoms with E-state index in [-0.39, 0.29) is 5.92 Å². The van der Waals surface area contributed by atoms with Crippen molar-refractivity contribution >= 4 is 16.9 Å². The summed E-state index contributed by atoms with van der Waals surface area (Å²) < 4.78 is 1.78. The molecule has 0 spiro atoms. The lowest BCUT2D eigenvalue weighted by Gasteiger charge is -2.49. The molecule has 148 valence electrons. The van der Waals surface area contributed by atoms with Crippen LogP contribution in [0.4, 0.5) is 5.69 Å². The zero-order valence-corrected chi connectivity index (χ0v) is 16.5. The Bertz CT molecular complexity index is 1090. The average Bonchev–Trinajstić information content (AvgIpc) is 3.37. The second-order valence-electron chi connectivity index (χ2n) is 8.71. The number of aryl methyl sites for hydroxylation is 1. The van der Waals surface area contributed by atoms with Gasteiger partial charge in [-0.2, -0.15) is 10.4 Å². The molecule has 2 saturated heterocycles.